The molecular weight excluding hydrogens is 140 g/mol. The molecule has 1 heterocycles. The molecule has 62 valence electrons. The van der Waals surface area contributed by atoms with Crippen LogP contribution in [0.4, 0.5) is 0 Å². The third-order valence-electron chi connectivity index (χ3n) is 1.66. The minimum absolute atomic E-state index is 0.0491. The number of nitrogens with zero attached hydrogens (tertiary/aromatic N) is 1. The van der Waals surface area contributed by atoms with Gasteiger partial charge in [-0.05, 0) is 17.9 Å². The van der Waals surface area contributed by atoms with Crippen LogP contribution in [-0.4, -0.2) is 21.9 Å². The molecule has 1 aromatic heterocycles. The normalized spacial score (nSPS) is 11.9. The molecule has 0 aromatic carbocycles. The smallest absolute Gasteiger partial charge is 0.0490 e. The number of nitrogens with one attached hydrogen (secondary N) is 1. The van der Waals surface area contributed by atoms with Gasteiger partial charge in [0.2, 0.25) is 0 Å². The zero-order valence-electron chi connectivity index (χ0n) is 6.96. The largest absolute Gasteiger partial charge is 0.396 e. The molecular formula is C8H14N2O. The SMILES string of the molecule is CC(C)(CO)Cc1ccn[nH]1. The maximum absolute atomic E-state index is 8.96. The summed E-state index contributed by atoms with van der Waals surface area (Å²) in [5.41, 5.74) is 1.02. The zero-order valence-corrected chi connectivity index (χ0v) is 6.96. The average molecular weight is 154 g/mol. The molecule has 0 radical (unpaired) electrons. The Balaban J connectivity index is 2.56. The molecule has 1 aromatic rings. The molecule has 11 heavy (non-hydrogen) atoms. The molecule has 0 aliphatic rings. The molecule has 0 fully saturated rings. The highest BCUT2D eigenvalue weighted by atomic mass is 16.3. The van der Waals surface area contributed by atoms with Crippen LogP contribution in [0.25, 0.3) is 0 Å². The first-order valence-electron chi connectivity index (χ1n) is 3.73. The molecule has 3 heteroatoms. The van der Waals surface area contributed by atoms with E-state index in [1.54, 1.807) is 6.20 Å². The van der Waals surface area contributed by atoms with Crippen molar-refractivity contribution < 1.29 is 5.11 Å². The predicted octanol–water partition coefficient (Wildman–Crippen LogP) is 0.971. The van der Waals surface area contributed by atoms with Crippen LogP contribution in [0.1, 0.15) is 19.5 Å². The van der Waals surface area contributed by atoms with Crippen molar-refractivity contribution in [2.45, 2.75) is 20.3 Å². The lowest BCUT2D eigenvalue weighted by Crippen LogP contribution is -2.19. The van der Waals surface area contributed by atoms with Gasteiger partial charge in [0.05, 0.1) is 0 Å². The van der Waals surface area contributed by atoms with E-state index < -0.39 is 0 Å². The number of rotatable bonds is 3. The summed E-state index contributed by atoms with van der Waals surface area (Å²) in [6.07, 6.45) is 2.56. The topological polar surface area (TPSA) is 48.9 Å². The number of aromatic amines is 1. The summed E-state index contributed by atoms with van der Waals surface area (Å²) in [5.74, 6) is 0. The molecule has 0 saturated heterocycles. The quantitative estimate of drug-likeness (QED) is 0.681. The van der Waals surface area contributed by atoms with E-state index in [0.717, 1.165) is 12.1 Å². The van der Waals surface area contributed by atoms with Crippen molar-refractivity contribution in [3.8, 4) is 0 Å². The summed E-state index contributed by atoms with van der Waals surface area (Å²) in [7, 11) is 0. The maximum atomic E-state index is 8.96. The monoisotopic (exact) mass is 154 g/mol. The Morgan fingerprint density at radius 1 is 1.64 bits per heavy atom. The highest BCUT2D eigenvalue weighted by Gasteiger charge is 2.17. The molecule has 0 spiro atoms. The predicted molar refractivity (Wildman–Crippen MR) is 43.2 cm³/mol. The molecule has 0 atom stereocenters. The fourth-order valence-corrected chi connectivity index (χ4v) is 0.955. The third-order valence-corrected chi connectivity index (χ3v) is 1.66. The van der Waals surface area contributed by atoms with E-state index in [0.29, 0.717) is 0 Å². The van der Waals surface area contributed by atoms with E-state index in [1.807, 2.05) is 19.9 Å². The van der Waals surface area contributed by atoms with Crippen LogP contribution < -0.4 is 0 Å². The van der Waals surface area contributed by atoms with Gasteiger partial charge in [-0.25, -0.2) is 0 Å². The van der Waals surface area contributed by atoms with Crippen molar-refractivity contribution in [3.63, 3.8) is 0 Å². The fraction of sp³-hybridized carbons (Fsp3) is 0.625. The summed E-state index contributed by atoms with van der Waals surface area (Å²) >= 11 is 0. The minimum atomic E-state index is -0.0491. The van der Waals surface area contributed by atoms with Crippen LogP contribution in [0.15, 0.2) is 12.3 Å². The Morgan fingerprint density at radius 3 is 2.82 bits per heavy atom. The van der Waals surface area contributed by atoms with Gasteiger partial charge in [0.1, 0.15) is 0 Å². The molecule has 0 bridgehead atoms. The Bertz CT molecular complexity index is 204. The van der Waals surface area contributed by atoms with Gasteiger partial charge in [-0.1, -0.05) is 13.8 Å². The van der Waals surface area contributed by atoms with Gasteiger partial charge < -0.3 is 5.11 Å². The van der Waals surface area contributed by atoms with Crippen LogP contribution in [0.5, 0.6) is 0 Å². The molecule has 3 nitrogen and oxygen atoms in total. The molecule has 0 saturated carbocycles. The number of hydrogen-bond acceptors (Lipinski definition) is 2. The first-order chi connectivity index (χ1) is 5.14. The van der Waals surface area contributed by atoms with Crippen molar-refractivity contribution in [2.24, 2.45) is 5.41 Å². The summed E-state index contributed by atoms with van der Waals surface area (Å²) in [6.45, 7) is 4.24. The van der Waals surface area contributed by atoms with Crippen molar-refractivity contribution in [1.29, 1.82) is 0 Å². The van der Waals surface area contributed by atoms with Gasteiger partial charge in [-0.2, -0.15) is 5.10 Å². The fourth-order valence-electron chi connectivity index (χ4n) is 0.955. The van der Waals surface area contributed by atoms with Crippen molar-refractivity contribution in [3.05, 3.63) is 18.0 Å². The zero-order chi connectivity index (χ0) is 8.32. The van der Waals surface area contributed by atoms with Crippen LogP contribution in [0.2, 0.25) is 0 Å². The van der Waals surface area contributed by atoms with Gasteiger partial charge in [-0.15, -0.1) is 0 Å². The van der Waals surface area contributed by atoms with Gasteiger partial charge in [-0.3, -0.25) is 5.10 Å². The molecule has 1 rings (SSSR count). The number of aromatic nitrogens is 2. The van der Waals surface area contributed by atoms with Crippen LogP contribution in [0, 0.1) is 5.41 Å². The van der Waals surface area contributed by atoms with Crippen molar-refractivity contribution in [2.75, 3.05) is 6.61 Å². The van der Waals surface area contributed by atoms with E-state index in [2.05, 4.69) is 10.2 Å². The maximum Gasteiger partial charge on any atom is 0.0490 e. The summed E-state index contributed by atoms with van der Waals surface area (Å²) < 4.78 is 0. The Kier molecular flexibility index (Phi) is 2.29. The Morgan fingerprint density at radius 2 is 2.36 bits per heavy atom. The average Bonchev–Trinajstić information content (AvgIpc) is 2.39. The van der Waals surface area contributed by atoms with E-state index in [4.69, 9.17) is 5.11 Å². The lowest BCUT2D eigenvalue weighted by molar-refractivity contribution is 0.158. The molecule has 0 amide bonds. The standard InChI is InChI=1S/C8H14N2O/c1-8(2,6-11)5-7-3-4-9-10-7/h3-4,11H,5-6H2,1-2H3,(H,9,10). The van der Waals surface area contributed by atoms with Gasteiger partial charge in [0.15, 0.2) is 0 Å². The summed E-state index contributed by atoms with van der Waals surface area (Å²) in [5, 5.41) is 15.7. The molecule has 0 unspecified atom stereocenters. The number of aliphatic hydroxyl groups is 1. The molecule has 0 aliphatic carbocycles. The lowest BCUT2D eigenvalue weighted by atomic mass is 9.89. The second kappa shape index (κ2) is 3.05. The number of aliphatic hydroxyl groups excluding tert-OH is 1. The van der Waals surface area contributed by atoms with Gasteiger partial charge >= 0.3 is 0 Å². The second-order valence-corrected chi connectivity index (χ2v) is 3.58. The third kappa shape index (κ3) is 2.35. The van der Waals surface area contributed by atoms with E-state index in [9.17, 15) is 0 Å². The molecule has 0 aliphatic heterocycles. The number of hydrogen-bond donors (Lipinski definition) is 2. The summed E-state index contributed by atoms with van der Waals surface area (Å²) in [4.78, 5) is 0. The van der Waals surface area contributed by atoms with Crippen LogP contribution in [0.3, 0.4) is 0 Å². The van der Waals surface area contributed by atoms with Gasteiger partial charge in [0, 0.05) is 18.5 Å². The Hall–Kier alpha value is -0.830. The van der Waals surface area contributed by atoms with Crippen LogP contribution >= 0.6 is 0 Å². The van der Waals surface area contributed by atoms with E-state index in [1.165, 1.54) is 0 Å². The minimum Gasteiger partial charge on any atom is -0.396 e. The Labute approximate surface area is 66.4 Å². The summed E-state index contributed by atoms with van der Waals surface area (Å²) in [6, 6.07) is 1.93. The first-order valence-corrected chi connectivity index (χ1v) is 3.73. The van der Waals surface area contributed by atoms with Crippen molar-refractivity contribution >= 4 is 0 Å². The lowest BCUT2D eigenvalue weighted by Gasteiger charge is -2.19. The molecule has 2 N–H and O–H groups in total. The number of H-pyrrole nitrogens is 1. The highest BCUT2D eigenvalue weighted by molar-refractivity contribution is 5.00. The second-order valence-electron chi connectivity index (χ2n) is 3.58. The van der Waals surface area contributed by atoms with E-state index in [-0.39, 0.29) is 12.0 Å². The highest BCUT2D eigenvalue weighted by Crippen LogP contribution is 2.18. The van der Waals surface area contributed by atoms with Crippen molar-refractivity contribution in [1.82, 2.24) is 10.2 Å². The van der Waals surface area contributed by atoms with Gasteiger partial charge in [0.25, 0.3) is 0 Å². The first kappa shape index (κ1) is 8.27. The van der Waals surface area contributed by atoms with Crippen LogP contribution in [-0.2, 0) is 6.42 Å². The van der Waals surface area contributed by atoms with E-state index >= 15 is 0 Å².